The first-order valence-electron chi connectivity index (χ1n) is 14.1. The third-order valence-corrected chi connectivity index (χ3v) is 8.22. The van der Waals surface area contributed by atoms with Gasteiger partial charge in [0.15, 0.2) is 5.65 Å². The van der Waals surface area contributed by atoms with Gasteiger partial charge in [-0.05, 0) is 44.7 Å². The van der Waals surface area contributed by atoms with Crippen LogP contribution in [0.4, 0.5) is 11.6 Å². The number of carbonyl (C=O) groups is 2. The van der Waals surface area contributed by atoms with Crippen molar-refractivity contribution >= 4 is 29.1 Å². The van der Waals surface area contributed by atoms with Crippen molar-refractivity contribution in [1.82, 2.24) is 24.4 Å². The normalized spacial score (nSPS) is 20.5. The minimum atomic E-state index is -0.131. The van der Waals surface area contributed by atoms with Gasteiger partial charge in [-0.1, -0.05) is 11.6 Å². The van der Waals surface area contributed by atoms with E-state index in [2.05, 4.69) is 15.9 Å². The average molecular weight is 532 g/mol. The van der Waals surface area contributed by atoms with Gasteiger partial charge in [-0.15, -0.1) is 0 Å². The summed E-state index contributed by atoms with van der Waals surface area (Å²) in [5.41, 5.74) is 3.20. The Hall–Kier alpha value is -3.82. The first-order chi connectivity index (χ1) is 18.9. The number of benzene rings is 1. The molecule has 3 aliphatic heterocycles. The van der Waals surface area contributed by atoms with Crippen LogP contribution in [0.15, 0.2) is 30.3 Å². The van der Waals surface area contributed by atoms with Crippen molar-refractivity contribution in [2.75, 3.05) is 62.7 Å². The number of aromatic nitrogens is 3. The number of rotatable bonds is 1. The number of carbonyl (C=O) groups excluding carboxylic acids is 2. The van der Waals surface area contributed by atoms with Crippen molar-refractivity contribution in [3.8, 4) is 5.75 Å². The standard InChI is InChI=1S/C29H37N7O3/c1-20-8-9-25-22(17-20)29(38)35-12-5-4-7-24(35)23-18-27-30-26(34-10-6-11-34)19-28(36(27)31-23)32(3)13-14-33(21(2)37)15-16-39-25/h8-9,17-19,24H,4-7,10-16H2,1-3H3. The van der Waals surface area contributed by atoms with Crippen LogP contribution in [0.3, 0.4) is 0 Å². The zero-order valence-corrected chi connectivity index (χ0v) is 23.1. The second kappa shape index (κ2) is 10.4. The van der Waals surface area contributed by atoms with Crippen molar-refractivity contribution in [2.24, 2.45) is 0 Å². The largest absolute Gasteiger partial charge is 0.491 e. The third-order valence-electron chi connectivity index (χ3n) is 8.22. The van der Waals surface area contributed by atoms with E-state index in [1.807, 2.05) is 47.7 Å². The average Bonchev–Trinajstić information content (AvgIpc) is 3.32. The number of fused-ring (bicyclic) bond motifs is 4. The summed E-state index contributed by atoms with van der Waals surface area (Å²) in [4.78, 5) is 39.7. The Morgan fingerprint density at radius 1 is 1.00 bits per heavy atom. The number of hydrogen-bond acceptors (Lipinski definition) is 7. The monoisotopic (exact) mass is 531 g/mol. The minimum Gasteiger partial charge on any atom is -0.491 e. The third kappa shape index (κ3) is 4.88. The predicted molar refractivity (Wildman–Crippen MR) is 150 cm³/mol. The van der Waals surface area contributed by atoms with E-state index >= 15 is 0 Å². The number of anilines is 2. The molecular weight excluding hydrogens is 494 g/mol. The lowest BCUT2D eigenvalue weighted by molar-refractivity contribution is -0.129. The van der Waals surface area contributed by atoms with Crippen LogP contribution in [0.25, 0.3) is 5.65 Å². The fraction of sp³-hybridized carbons (Fsp3) is 0.517. The van der Waals surface area contributed by atoms with E-state index in [0.29, 0.717) is 44.1 Å². The molecule has 1 aromatic carbocycles. The number of nitrogens with zero attached hydrogens (tertiary/aromatic N) is 7. The van der Waals surface area contributed by atoms with Crippen LogP contribution in [0.2, 0.25) is 0 Å². The Bertz CT molecular complexity index is 1400. The first kappa shape index (κ1) is 25.5. The molecule has 10 nitrogen and oxygen atoms in total. The first-order valence-corrected chi connectivity index (χ1v) is 14.1. The molecular formula is C29H37N7O3. The van der Waals surface area contributed by atoms with E-state index in [1.165, 1.54) is 0 Å². The van der Waals surface area contributed by atoms with Crippen LogP contribution in [-0.2, 0) is 4.79 Å². The topological polar surface area (TPSA) is 86.5 Å². The highest BCUT2D eigenvalue weighted by Crippen LogP contribution is 2.35. The summed E-state index contributed by atoms with van der Waals surface area (Å²) in [5, 5.41) is 5.05. The van der Waals surface area contributed by atoms with Crippen molar-refractivity contribution in [2.45, 2.75) is 45.6 Å². The lowest BCUT2D eigenvalue weighted by atomic mass is 9.97. The zero-order chi connectivity index (χ0) is 27.1. The van der Waals surface area contributed by atoms with Crippen molar-refractivity contribution < 1.29 is 14.3 Å². The maximum Gasteiger partial charge on any atom is 0.258 e. The number of piperidine rings is 1. The minimum absolute atomic E-state index is 0.00741. The number of aryl methyl sites for hydroxylation is 1. The molecule has 0 aliphatic carbocycles. The van der Waals surface area contributed by atoms with Crippen molar-refractivity contribution in [1.29, 1.82) is 0 Å². The van der Waals surface area contributed by atoms with E-state index in [9.17, 15) is 9.59 Å². The molecule has 39 heavy (non-hydrogen) atoms. The van der Waals surface area contributed by atoms with E-state index in [4.69, 9.17) is 14.8 Å². The summed E-state index contributed by atoms with van der Waals surface area (Å²) in [5.74, 6) is 2.37. The van der Waals surface area contributed by atoms with Gasteiger partial charge in [-0.25, -0.2) is 4.98 Å². The molecule has 2 bridgehead atoms. The second-order valence-electron chi connectivity index (χ2n) is 10.9. The number of hydrogen-bond donors (Lipinski definition) is 0. The van der Waals surface area contributed by atoms with E-state index in [0.717, 1.165) is 67.3 Å². The van der Waals surface area contributed by atoms with Gasteiger partial charge >= 0.3 is 0 Å². The lowest BCUT2D eigenvalue weighted by Gasteiger charge is -2.35. The molecule has 206 valence electrons. The highest BCUT2D eigenvalue weighted by atomic mass is 16.5. The molecule has 6 rings (SSSR count). The molecule has 10 heteroatoms. The molecule has 3 aromatic rings. The van der Waals surface area contributed by atoms with Crippen LogP contribution in [0.5, 0.6) is 5.75 Å². The highest BCUT2D eigenvalue weighted by molar-refractivity contribution is 5.97. The quantitative estimate of drug-likeness (QED) is 0.476. The van der Waals surface area contributed by atoms with Crippen molar-refractivity contribution in [3.05, 3.63) is 47.2 Å². The van der Waals surface area contributed by atoms with Gasteiger partial charge in [0.05, 0.1) is 23.8 Å². The highest BCUT2D eigenvalue weighted by Gasteiger charge is 2.33. The van der Waals surface area contributed by atoms with E-state index in [-0.39, 0.29) is 17.9 Å². The maximum absolute atomic E-state index is 14.1. The molecule has 0 radical (unpaired) electrons. The van der Waals surface area contributed by atoms with Gasteiger partial charge in [0.2, 0.25) is 5.91 Å². The lowest BCUT2D eigenvalue weighted by Crippen LogP contribution is -2.40. The van der Waals surface area contributed by atoms with Crippen LogP contribution in [0.1, 0.15) is 60.3 Å². The fourth-order valence-electron chi connectivity index (χ4n) is 5.76. The van der Waals surface area contributed by atoms with Gasteiger partial charge in [-0.2, -0.15) is 9.61 Å². The molecule has 0 spiro atoms. The van der Waals surface area contributed by atoms with E-state index in [1.54, 1.807) is 11.8 Å². The smallest absolute Gasteiger partial charge is 0.258 e. The summed E-state index contributed by atoms with van der Waals surface area (Å²) in [6.07, 6.45) is 4.02. The van der Waals surface area contributed by atoms with Crippen LogP contribution < -0.4 is 14.5 Å². The molecule has 0 saturated carbocycles. The van der Waals surface area contributed by atoms with E-state index < -0.39 is 0 Å². The van der Waals surface area contributed by atoms with Gasteiger partial charge < -0.3 is 24.3 Å². The summed E-state index contributed by atoms with van der Waals surface area (Å²) in [7, 11) is 2.03. The molecule has 0 N–H and O–H groups in total. The molecule has 1 atom stereocenters. The SMILES string of the molecule is CC(=O)N1CCOc2ccc(C)cc2C(=O)N2CCCCC2c2cc3nc(N4CCC4)cc(n3n2)N(C)CC1. The van der Waals surface area contributed by atoms with Crippen LogP contribution in [-0.4, -0.2) is 89.1 Å². The summed E-state index contributed by atoms with van der Waals surface area (Å²) >= 11 is 0. The maximum atomic E-state index is 14.1. The Morgan fingerprint density at radius 3 is 2.62 bits per heavy atom. The fourth-order valence-corrected chi connectivity index (χ4v) is 5.76. The summed E-state index contributed by atoms with van der Waals surface area (Å²) in [6.45, 7) is 8.16. The Balaban J connectivity index is 1.47. The molecule has 2 amide bonds. The summed E-state index contributed by atoms with van der Waals surface area (Å²) < 4.78 is 8.05. The molecule has 2 saturated heterocycles. The van der Waals surface area contributed by atoms with Crippen molar-refractivity contribution in [3.63, 3.8) is 0 Å². The molecule has 2 aromatic heterocycles. The Labute approximate surface area is 229 Å². The van der Waals surface area contributed by atoms with Crippen LogP contribution in [0, 0.1) is 6.92 Å². The predicted octanol–water partition coefficient (Wildman–Crippen LogP) is 3.29. The van der Waals surface area contributed by atoms with Gasteiger partial charge in [-0.3, -0.25) is 9.59 Å². The number of likely N-dealkylation sites (N-methyl/N-ethyl adjacent to an activating group) is 1. The Kier molecular flexibility index (Phi) is 6.78. The molecule has 1 unspecified atom stereocenters. The zero-order valence-electron chi connectivity index (χ0n) is 23.1. The van der Waals surface area contributed by atoms with Gasteiger partial charge in [0.25, 0.3) is 5.91 Å². The molecule has 3 aliphatic rings. The number of amides is 2. The Morgan fingerprint density at radius 2 is 1.85 bits per heavy atom. The molecule has 2 fully saturated rings. The molecule has 5 heterocycles. The number of ether oxygens (including phenoxy) is 1. The van der Waals surface area contributed by atoms with Gasteiger partial charge in [0, 0.05) is 58.8 Å². The second-order valence-corrected chi connectivity index (χ2v) is 10.9. The van der Waals surface area contributed by atoms with Crippen LogP contribution >= 0.6 is 0 Å². The summed E-state index contributed by atoms with van der Waals surface area (Å²) in [6, 6.07) is 9.75. The van der Waals surface area contributed by atoms with Gasteiger partial charge in [0.1, 0.15) is 24.0 Å².